The number of rotatable bonds is 6. The summed E-state index contributed by atoms with van der Waals surface area (Å²) in [6, 6.07) is -0.408. The third-order valence-electron chi connectivity index (χ3n) is 1.58. The largest absolute Gasteiger partial charge is 0.354 e. The van der Waals surface area contributed by atoms with E-state index in [4.69, 9.17) is 0 Å². The van der Waals surface area contributed by atoms with E-state index in [-0.39, 0.29) is 11.8 Å². The molecule has 0 radical (unpaired) electrons. The maximum Gasteiger partial charge on any atom is 0.243 e. The van der Waals surface area contributed by atoms with Gasteiger partial charge in [0.15, 0.2) is 0 Å². The lowest BCUT2D eigenvalue weighted by molar-refractivity contribution is -0.127. The van der Waals surface area contributed by atoms with Gasteiger partial charge in [-0.3, -0.25) is 9.59 Å². The molecule has 0 spiro atoms. The molecular formula is C9H18N2O2S. The third-order valence-corrected chi connectivity index (χ3v) is 2.24. The lowest BCUT2D eigenvalue weighted by Crippen LogP contribution is -2.47. The van der Waals surface area contributed by atoms with Gasteiger partial charge < -0.3 is 10.6 Å². The standard InChI is InChI=1S/C9H18N2O2S/c1-4-5-10-9(13)8(6-14-3)11-7(2)12/h8H,4-6H2,1-3H3,(H,10,13)(H,11,12). The highest BCUT2D eigenvalue weighted by molar-refractivity contribution is 7.98. The van der Waals surface area contributed by atoms with Gasteiger partial charge >= 0.3 is 0 Å². The number of thioether (sulfide) groups is 1. The van der Waals surface area contributed by atoms with Gasteiger partial charge in [-0.1, -0.05) is 6.92 Å². The molecule has 0 fully saturated rings. The van der Waals surface area contributed by atoms with Gasteiger partial charge in [-0.05, 0) is 12.7 Å². The topological polar surface area (TPSA) is 58.2 Å². The normalized spacial score (nSPS) is 11.9. The summed E-state index contributed by atoms with van der Waals surface area (Å²) in [4.78, 5) is 22.3. The first-order chi connectivity index (χ1) is 6.61. The summed E-state index contributed by atoms with van der Waals surface area (Å²) in [5.41, 5.74) is 0. The monoisotopic (exact) mass is 218 g/mol. The van der Waals surface area contributed by atoms with E-state index >= 15 is 0 Å². The van der Waals surface area contributed by atoms with E-state index < -0.39 is 6.04 Å². The Bertz CT molecular complexity index is 197. The van der Waals surface area contributed by atoms with Crippen molar-refractivity contribution in [1.82, 2.24) is 10.6 Å². The van der Waals surface area contributed by atoms with Crippen LogP contribution in [0.1, 0.15) is 20.3 Å². The van der Waals surface area contributed by atoms with Crippen LogP contribution in [0.2, 0.25) is 0 Å². The van der Waals surface area contributed by atoms with Gasteiger partial charge in [-0.15, -0.1) is 0 Å². The number of carbonyl (C=O) groups excluding carboxylic acids is 2. The van der Waals surface area contributed by atoms with E-state index in [1.165, 1.54) is 18.7 Å². The van der Waals surface area contributed by atoms with Crippen LogP contribution in [0.15, 0.2) is 0 Å². The number of carbonyl (C=O) groups is 2. The van der Waals surface area contributed by atoms with Gasteiger partial charge in [0.2, 0.25) is 11.8 Å². The second-order valence-electron chi connectivity index (χ2n) is 3.00. The lowest BCUT2D eigenvalue weighted by Gasteiger charge is -2.15. The van der Waals surface area contributed by atoms with Gasteiger partial charge in [0.05, 0.1) is 0 Å². The van der Waals surface area contributed by atoms with Crippen molar-refractivity contribution in [3.8, 4) is 0 Å². The Balaban J connectivity index is 4.03. The highest BCUT2D eigenvalue weighted by atomic mass is 32.2. The number of nitrogens with one attached hydrogen (secondary N) is 2. The molecule has 5 heteroatoms. The Labute approximate surface area is 89.2 Å². The van der Waals surface area contributed by atoms with Crippen molar-refractivity contribution in [1.29, 1.82) is 0 Å². The first-order valence-corrected chi connectivity index (χ1v) is 6.05. The molecule has 0 aromatic carbocycles. The van der Waals surface area contributed by atoms with Crippen molar-refractivity contribution in [2.45, 2.75) is 26.3 Å². The molecule has 2 N–H and O–H groups in total. The number of hydrogen-bond donors (Lipinski definition) is 2. The Hall–Kier alpha value is -0.710. The summed E-state index contributed by atoms with van der Waals surface area (Å²) in [5, 5.41) is 5.37. The maximum atomic E-state index is 11.5. The fourth-order valence-corrected chi connectivity index (χ4v) is 1.53. The third kappa shape index (κ3) is 5.85. The molecule has 0 saturated carbocycles. The van der Waals surface area contributed by atoms with Gasteiger partial charge in [0, 0.05) is 19.2 Å². The summed E-state index contributed by atoms with van der Waals surface area (Å²) in [6.45, 7) is 4.06. The molecule has 14 heavy (non-hydrogen) atoms. The molecule has 0 aromatic rings. The molecule has 0 aliphatic carbocycles. The van der Waals surface area contributed by atoms with Crippen LogP contribution in [0.5, 0.6) is 0 Å². The molecule has 0 saturated heterocycles. The van der Waals surface area contributed by atoms with E-state index in [1.54, 1.807) is 0 Å². The van der Waals surface area contributed by atoms with Crippen molar-refractivity contribution in [2.75, 3.05) is 18.6 Å². The summed E-state index contributed by atoms with van der Waals surface area (Å²) < 4.78 is 0. The van der Waals surface area contributed by atoms with Crippen LogP contribution in [0.25, 0.3) is 0 Å². The van der Waals surface area contributed by atoms with Gasteiger partial charge in [0.1, 0.15) is 6.04 Å². The fraction of sp³-hybridized carbons (Fsp3) is 0.778. The average Bonchev–Trinajstić information content (AvgIpc) is 2.13. The van der Waals surface area contributed by atoms with E-state index in [2.05, 4.69) is 10.6 Å². The van der Waals surface area contributed by atoms with Crippen molar-refractivity contribution < 1.29 is 9.59 Å². The van der Waals surface area contributed by atoms with Crippen molar-refractivity contribution in [2.24, 2.45) is 0 Å². The zero-order valence-electron chi connectivity index (χ0n) is 8.92. The SMILES string of the molecule is CCCNC(=O)C(CSC)NC(C)=O. The Morgan fingerprint density at radius 1 is 1.43 bits per heavy atom. The highest BCUT2D eigenvalue weighted by Crippen LogP contribution is 1.97. The molecule has 0 rings (SSSR count). The Kier molecular flexibility index (Phi) is 7.28. The van der Waals surface area contributed by atoms with Crippen LogP contribution in [0.4, 0.5) is 0 Å². The second kappa shape index (κ2) is 7.67. The van der Waals surface area contributed by atoms with E-state index in [0.717, 1.165) is 6.42 Å². The van der Waals surface area contributed by atoms with Crippen LogP contribution in [0.3, 0.4) is 0 Å². The minimum Gasteiger partial charge on any atom is -0.354 e. The quantitative estimate of drug-likeness (QED) is 0.677. The average molecular weight is 218 g/mol. The molecule has 4 nitrogen and oxygen atoms in total. The molecule has 0 aliphatic heterocycles. The molecule has 0 aliphatic rings. The smallest absolute Gasteiger partial charge is 0.243 e. The predicted octanol–water partition coefficient (Wildman–Crippen LogP) is 0.380. The minimum atomic E-state index is -0.408. The lowest BCUT2D eigenvalue weighted by atomic mass is 10.3. The van der Waals surface area contributed by atoms with Crippen LogP contribution in [-0.4, -0.2) is 36.4 Å². The molecule has 1 atom stereocenters. The van der Waals surface area contributed by atoms with Crippen LogP contribution < -0.4 is 10.6 Å². The van der Waals surface area contributed by atoms with Crippen LogP contribution in [-0.2, 0) is 9.59 Å². The Morgan fingerprint density at radius 3 is 2.50 bits per heavy atom. The minimum absolute atomic E-state index is 0.101. The van der Waals surface area contributed by atoms with Crippen LogP contribution in [0, 0.1) is 0 Å². The van der Waals surface area contributed by atoms with Crippen molar-refractivity contribution in [3.05, 3.63) is 0 Å². The van der Waals surface area contributed by atoms with Crippen molar-refractivity contribution in [3.63, 3.8) is 0 Å². The Morgan fingerprint density at radius 2 is 2.07 bits per heavy atom. The predicted molar refractivity (Wildman–Crippen MR) is 59.3 cm³/mol. The van der Waals surface area contributed by atoms with Crippen molar-refractivity contribution >= 4 is 23.6 Å². The van der Waals surface area contributed by atoms with Gasteiger partial charge in [0.25, 0.3) is 0 Å². The summed E-state index contributed by atoms with van der Waals surface area (Å²) in [7, 11) is 0. The van der Waals surface area contributed by atoms with E-state index in [0.29, 0.717) is 12.3 Å². The molecule has 1 unspecified atom stereocenters. The fourth-order valence-electron chi connectivity index (χ4n) is 0.966. The number of amides is 2. The molecular weight excluding hydrogens is 200 g/mol. The first kappa shape index (κ1) is 13.3. The van der Waals surface area contributed by atoms with Crippen LogP contribution >= 0.6 is 11.8 Å². The summed E-state index contributed by atoms with van der Waals surface area (Å²) in [6.07, 6.45) is 2.81. The zero-order valence-corrected chi connectivity index (χ0v) is 9.74. The zero-order chi connectivity index (χ0) is 11.0. The summed E-state index contributed by atoms with van der Waals surface area (Å²) in [5.74, 6) is 0.335. The molecule has 0 bridgehead atoms. The highest BCUT2D eigenvalue weighted by Gasteiger charge is 2.17. The molecule has 2 amide bonds. The molecule has 82 valence electrons. The van der Waals surface area contributed by atoms with E-state index in [9.17, 15) is 9.59 Å². The molecule has 0 heterocycles. The van der Waals surface area contributed by atoms with Gasteiger partial charge in [-0.25, -0.2) is 0 Å². The number of hydrogen-bond acceptors (Lipinski definition) is 3. The maximum absolute atomic E-state index is 11.5. The second-order valence-corrected chi connectivity index (χ2v) is 3.91. The first-order valence-electron chi connectivity index (χ1n) is 4.65. The summed E-state index contributed by atoms with van der Waals surface area (Å²) >= 11 is 1.54. The molecule has 0 aromatic heterocycles. The van der Waals surface area contributed by atoms with E-state index in [1.807, 2.05) is 13.2 Å². The van der Waals surface area contributed by atoms with Gasteiger partial charge in [-0.2, -0.15) is 11.8 Å².